The van der Waals surface area contributed by atoms with Gasteiger partial charge in [-0.05, 0) is 48.0 Å². The predicted octanol–water partition coefficient (Wildman–Crippen LogP) is 4.39. The van der Waals surface area contributed by atoms with E-state index >= 15 is 0 Å². The van der Waals surface area contributed by atoms with E-state index in [1.165, 1.54) is 17.6 Å². The number of hydroxylamine groups is 1. The zero-order chi connectivity index (χ0) is 28.6. The van der Waals surface area contributed by atoms with E-state index in [1.54, 1.807) is 53.7 Å². The molecule has 0 atom stereocenters. The number of pyridine rings is 2. The SMILES string of the molecule is O=C(/C=C/c1ccc(N(CC(=O)Nc2cccc3cccnc23)CC(=O)Nc2cccc3cccnc23)cc1)NO. The van der Waals surface area contributed by atoms with Crippen LogP contribution in [0.15, 0.2) is 103 Å². The molecule has 0 unspecified atom stereocenters. The molecule has 0 radical (unpaired) electrons. The minimum atomic E-state index is -0.658. The number of rotatable bonds is 9. The summed E-state index contributed by atoms with van der Waals surface area (Å²) in [7, 11) is 0. The third-order valence-electron chi connectivity index (χ3n) is 6.28. The average molecular weight is 547 g/mol. The van der Waals surface area contributed by atoms with Crippen LogP contribution in [0, 0.1) is 0 Å². The molecular formula is C31H26N6O4. The Hall–Kier alpha value is -5.61. The Morgan fingerprint density at radius 3 is 1.73 bits per heavy atom. The van der Waals surface area contributed by atoms with Crippen molar-refractivity contribution < 1.29 is 19.6 Å². The molecule has 4 N–H and O–H groups in total. The van der Waals surface area contributed by atoms with E-state index in [1.807, 2.05) is 48.5 Å². The normalized spacial score (nSPS) is 11.0. The maximum Gasteiger partial charge on any atom is 0.267 e. The average Bonchev–Trinajstić information content (AvgIpc) is 3.00. The topological polar surface area (TPSA) is 137 Å². The van der Waals surface area contributed by atoms with Gasteiger partial charge in [0.2, 0.25) is 11.8 Å². The summed E-state index contributed by atoms with van der Waals surface area (Å²) >= 11 is 0. The first-order valence-corrected chi connectivity index (χ1v) is 12.7. The van der Waals surface area contributed by atoms with Crippen LogP contribution in [0.2, 0.25) is 0 Å². The van der Waals surface area contributed by atoms with E-state index in [0.29, 0.717) is 33.7 Å². The van der Waals surface area contributed by atoms with Gasteiger partial charge in [-0.25, -0.2) is 5.48 Å². The number of benzene rings is 3. The number of fused-ring (bicyclic) bond motifs is 2. The highest BCUT2D eigenvalue weighted by Gasteiger charge is 2.18. The molecule has 0 fully saturated rings. The van der Waals surface area contributed by atoms with Gasteiger partial charge in [0.25, 0.3) is 5.91 Å². The molecule has 0 spiro atoms. The molecule has 5 aromatic rings. The molecule has 41 heavy (non-hydrogen) atoms. The van der Waals surface area contributed by atoms with Crippen molar-refractivity contribution in [3.05, 3.63) is 109 Å². The van der Waals surface area contributed by atoms with Gasteiger partial charge < -0.3 is 15.5 Å². The third-order valence-corrected chi connectivity index (χ3v) is 6.28. The summed E-state index contributed by atoms with van der Waals surface area (Å²) in [6.07, 6.45) is 6.04. The van der Waals surface area contributed by atoms with Crippen molar-refractivity contribution in [3.63, 3.8) is 0 Å². The number of hydrogen-bond donors (Lipinski definition) is 4. The number of aromatic nitrogens is 2. The number of carbonyl (C=O) groups is 3. The van der Waals surface area contributed by atoms with Crippen molar-refractivity contribution >= 4 is 62.7 Å². The number of nitrogens with one attached hydrogen (secondary N) is 3. The van der Waals surface area contributed by atoms with Crippen molar-refractivity contribution in [1.82, 2.24) is 15.4 Å². The van der Waals surface area contributed by atoms with Crippen LogP contribution in [0.4, 0.5) is 17.1 Å². The van der Waals surface area contributed by atoms with Crippen LogP contribution in [-0.2, 0) is 14.4 Å². The van der Waals surface area contributed by atoms with E-state index in [2.05, 4.69) is 20.6 Å². The van der Waals surface area contributed by atoms with Gasteiger partial charge in [0.05, 0.1) is 35.5 Å². The van der Waals surface area contributed by atoms with Gasteiger partial charge in [-0.3, -0.25) is 29.6 Å². The number of amides is 3. The van der Waals surface area contributed by atoms with Crippen LogP contribution in [-0.4, -0.2) is 46.0 Å². The molecule has 0 aliphatic heterocycles. The second kappa shape index (κ2) is 12.5. The Labute approximate surface area is 235 Å². The lowest BCUT2D eigenvalue weighted by molar-refractivity contribution is -0.124. The number of anilines is 3. The van der Waals surface area contributed by atoms with E-state index in [0.717, 1.165) is 10.8 Å². The van der Waals surface area contributed by atoms with Crippen molar-refractivity contribution in [2.75, 3.05) is 28.6 Å². The van der Waals surface area contributed by atoms with Gasteiger partial charge in [-0.1, -0.05) is 48.5 Å². The smallest absolute Gasteiger partial charge is 0.267 e. The molecule has 0 aliphatic rings. The Bertz CT molecular complexity index is 1650. The van der Waals surface area contributed by atoms with Crippen LogP contribution in [0.1, 0.15) is 5.56 Å². The first kappa shape index (κ1) is 27.0. The molecule has 204 valence electrons. The monoisotopic (exact) mass is 546 g/mol. The molecule has 0 saturated heterocycles. The highest BCUT2D eigenvalue weighted by molar-refractivity contribution is 6.04. The molecule has 10 heteroatoms. The number of nitrogens with zero attached hydrogens (tertiary/aromatic N) is 3. The maximum atomic E-state index is 13.2. The molecule has 5 rings (SSSR count). The molecule has 2 aromatic heterocycles. The molecule has 2 heterocycles. The summed E-state index contributed by atoms with van der Waals surface area (Å²) in [5.41, 5.74) is 5.32. The van der Waals surface area contributed by atoms with Gasteiger partial charge in [-0.15, -0.1) is 0 Å². The molecule has 10 nitrogen and oxygen atoms in total. The van der Waals surface area contributed by atoms with Crippen LogP contribution in [0.3, 0.4) is 0 Å². The minimum Gasteiger partial charge on any atom is -0.353 e. The Balaban J connectivity index is 1.37. The molecular weight excluding hydrogens is 520 g/mol. The second-order valence-corrected chi connectivity index (χ2v) is 9.11. The van der Waals surface area contributed by atoms with Crippen LogP contribution >= 0.6 is 0 Å². The molecule has 3 aromatic carbocycles. The second-order valence-electron chi connectivity index (χ2n) is 9.11. The fourth-order valence-corrected chi connectivity index (χ4v) is 4.38. The number of hydrogen-bond acceptors (Lipinski definition) is 7. The van der Waals surface area contributed by atoms with E-state index < -0.39 is 5.91 Å². The summed E-state index contributed by atoms with van der Waals surface area (Å²) in [5.74, 6) is -1.31. The van der Waals surface area contributed by atoms with Gasteiger partial charge in [-0.2, -0.15) is 0 Å². The van der Waals surface area contributed by atoms with Crippen LogP contribution in [0.5, 0.6) is 0 Å². The zero-order valence-electron chi connectivity index (χ0n) is 21.8. The molecule has 0 saturated carbocycles. The lowest BCUT2D eigenvalue weighted by Crippen LogP contribution is -2.39. The lowest BCUT2D eigenvalue weighted by atomic mass is 10.1. The summed E-state index contributed by atoms with van der Waals surface area (Å²) < 4.78 is 0. The summed E-state index contributed by atoms with van der Waals surface area (Å²) in [5, 5.41) is 16.3. The van der Waals surface area contributed by atoms with Crippen molar-refractivity contribution in [1.29, 1.82) is 0 Å². The maximum absolute atomic E-state index is 13.2. The standard InChI is InChI=1S/C31H26N6O4/c38-27(36-41)16-13-21-11-14-24(15-12-21)37(19-28(39)34-25-9-1-5-22-7-3-17-32-30(22)25)20-29(40)35-26-10-2-6-23-8-4-18-33-31(23)26/h1-18,41H,19-20H2,(H,34,39)(H,35,40)(H,36,38)/b16-13+. The Morgan fingerprint density at radius 1 is 0.707 bits per heavy atom. The largest absolute Gasteiger partial charge is 0.353 e. The quantitative estimate of drug-likeness (QED) is 0.122. The zero-order valence-corrected chi connectivity index (χ0v) is 21.8. The number of para-hydroxylation sites is 2. The van der Waals surface area contributed by atoms with Crippen LogP contribution in [0.25, 0.3) is 27.9 Å². The van der Waals surface area contributed by atoms with Crippen molar-refractivity contribution in [2.45, 2.75) is 0 Å². The number of carbonyl (C=O) groups excluding carboxylic acids is 3. The first-order valence-electron chi connectivity index (χ1n) is 12.7. The lowest BCUT2D eigenvalue weighted by Gasteiger charge is -2.24. The van der Waals surface area contributed by atoms with Crippen LogP contribution < -0.4 is 21.0 Å². The molecule has 3 amide bonds. The van der Waals surface area contributed by atoms with E-state index in [-0.39, 0.29) is 24.9 Å². The van der Waals surface area contributed by atoms with Crippen molar-refractivity contribution in [2.24, 2.45) is 0 Å². The van der Waals surface area contributed by atoms with E-state index in [9.17, 15) is 14.4 Å². The fourth-order valence-electron chi connectivity index (χ4n) is 4.38. The summed E-state index contributed by atoms with van der Waals surface area (Å²) in [6, 6.07) is 25.5. The van der Waals surface area contributed by atoms with E-state index in [4.69, 9.17) is 5.21 Å². The van der Waals surface area contributed by atoms with Gasteiger partial charge in [0.15, 0.2) is 0 Å². The highest BCUT2D eigenvalue weighted by Crippen LogP contribution is 2.23. The Morgan fingerprint density at radius 2 is 1.22 bits per heavy atom. The summed E-state index contributed by atoms with van der Waals surface area (Å²) in [4.78, 5) is 48.2. The van der Waals surface area contributed by atoms with Gasteiger partial charge in [0.1, 0.15) is 0 Å². The van der Waals surface area contributed by atoms with Gasteiger partial charge in [0, 0.05) is 34.9 Å². The first-order chi connectivity index (χ1) is 20.0. The van der Waals surface area contributed by atoms with Gasteiger partial charge >= 0.3 is 0 Å². The van der Waals surface area contributed by atoms with Crippen molar-refractivity contribution in [3.8, 4) is 0 Å². The fraction of sp³-hybridized carbons (Fsp3) is 0.0645. The molecule has 0 bridgehead atoms. The summed E-state index contributed by atoms with van der Waals surface area (Å²) in [6.45, 7) is -0.237. The third kappa shape index (κ3) is 6.70. The highest BCUT2D eigenvalue weighted by atomic mass is 16.5. The Kier molecular flexibility index (Phi) is 8.22. The minimum absolute atomic E-state index is 0.119. The molecule has 0 aliphatic carbocycles. The predicted molar refractivity (Wildman–Crippen MR) is 158 cm³/mol.